The van der Waals surface area contributed by atoms with Gasteiger partial charge in [-0.05, 0) is 56.6 Å². The Morgan fingerprint density at radius 3 is 2.30 bits per heavy atom. The summed E-state index contributed by atoms with van der Waals surface area (Å²) >= 11 is 0. The van der Waals surface area contributed by atoms with Gasteiger partial charge in [0.15, 0.2) is 0 Å². The molecule has 0 aliphatic carbocycles. The van der Waals surface area contributed by atoms with E-state index in [1.54, 1.807) is 0 Å². The third-order valence-electron chi connectivity index (χ3n) is 3.15. The van der Waals surface area contributed by atoms with Crippen LogP contribution in [0.3, 0.4) is 0 Å². The van der Waals surface area contributed by atoms with Crippen LogP contribution < -0.4 is 15.4 Å². The van der Waals surface area contributed by atoms with E-state index in [0.717, 1.165) is 45.0 Å². The maximum absolute atomic E-state index is 5.65. The van der Waals surface area contributed by atoms with Crippen molar-refractivity contribution in [1.29, 1.82) is 0 Å². The van der Waals surface area contributed by atoms with Gasteiger partial charge in [-0.1, -0.05) is 32.4 Å². The fraction of sp³-hybridized carbons (Fsp3) is 0.647. The standard InChI is InChI=1S/C17H30N2O/c1-3-5-14-20-17-9-7-16(8-10-17)15-19-13-6-12-18-11-4-2/h7-10,18-19H,3-6,11-15H2,1-2H3. The number of unbranched alkanes of at least 4 members (excludes halogenated alkanes) is 1. The first-order valence-corrected chi connectivity index (χ1v) is 8.00. The van der Waals surface area contributed by atoms with Crippen molar-refractivity contribution in [2.45, 2.75) is 46.1 Å². The molecular formula is C17H30N2O. The van der Waals surface area contributed by atoms with Crippen molar-refractivity contribution >= 4 is 0 Å². The molecule has 1 aromatic carbocycles. The summed E-state index contributed by atoms with van der Waals surface area (Å²) in [6.45, 7) is 9.41. The number of hydrogen-bond acceptors (Lipinski definition) is 3. The Morgan fingerprint density at radius 1 is 0.850 bits per heavy atom. The Morgan fingerprint density at radius 2 is 1.60 bits per heavy atom. The first-order valence-electron chi connectivity index (χ1n) is 8.00. The molecule has 0 amide bonds. The molecule has 1 rings (SSSR count). The van der Waals surface area contributed by atoms with E-state index < -0.39 is 0 Å². The van der Waals surface area contributed by atoms with E-state index in [9.17, 15) is 0 Å². The zero-order chi connectivity index (χ0) is 14.5. The van der Waals surface area contributed by atoms with Gasteiger partial charge >= 0.3 is 0 Å². The van der Waals surface area contributed by atoms with E-state index >= 15 is 0 Å². The highest BCUT2D eigenvalue weighted by molar-refractivity contribution is 5.27. The second-order valence-electron chi connectivity index (χ2n) is 5.13. The monoisotopic (exact) mass is 278 g/mol. The van der Waals surface area contributed by atoms with Crippen LogP contribution in [0.1, 0.15) is 45.1 Å². The molecule has 0 bridgehead atoms. The van der Waals surface area contributed by atoms with E-state index in [2.05, 4.69) is 48.7 Å². The minimum Gasteiger partial charge on any atom is -0.494 e. The molecule has 0 atom stereocenters. The predicted molar refractivity (Wildman–Crippen MR) is 86.3 cm³/mol. The molecule has 0 aromatic heterocycles. The molecular weight excluding hydrogens is 248 g/mol. The zero-order valence-corrected chi connectivity index (χ0v) is 13.1. The van der Waals surface area contributed by atoms with E-state index in [1.807, 2.05) is 0 Å². The summed E-state index contributed by atoms with van der Waals surface area (Å²) in [4.78, 5) is 0. The van der Waals surface area contributed by atoms with Crippen LogP contribution in [0.2, 0.25) is 0 Å². The first kappa shape index (κ1) is 17.0. The molecule has 114 valence electrons. The lowest BCUT2D eigenvalue weighted by atomic mass is 10.2. The third-order valence-corrected chi connectivity index (χ3v) is 3.15. The summed E-state index contributed by atoms with van der Waals surface area (Å²) < 4.78 is 5.65. The summed E-state index contributed by atoms with van der Waals surface area (Å²) in [5.74, 6) is 0.978. The Balaban J connectivity index is 2.08. The van der Waals surface area contributed by atoms with Crippen molar-refractivity contribution in [2.75, 3.05) is 26.2 Å². The zero-order valence-electron chi connectivity index (χ0n) is 13.1. The predicted octanol–water partition coefficient (Wildman–Crippen LogP) is 3.34. The van der Waals surface area contributed by atoms with Gasteiger partial charge in [-0.15, -0.1) is 0 Å². The van der Waals surface area contributed by atoms with Gasteiger partial charge in [0.25, 0.3) is 0 Å². The molecule has 0 unspecified atom stereocenters. The fourth-order valence-electron chi connectivity index (χ4n) is 1.91. The van der Waals surface area contributed by atoms with Crippen molar-refractivity contribution in [3.8, 4) is 5.75 Å². The van der Waals surface area contributed by atoms with Gasteiger partial charge in [0.1, 0.15) is 5.75 Å². The maximum Gasteiger partial charge on any atom is 0.119 e. The van der Waals surface area contributed by atoms with Gasteiger partial charge in [0, 0.05) is 6.54 Å². The van der Waals surface area contributed by atoms with Crippen LogP contribution in [0, 0.1) is 0 Å². The van der Waals surface area contributed by atoms with Crippen LogP contribution in [0.4, 0.5) is 0 Å². The van der Waals surface area contributed by atoms with Crippen molar-refractivity contribution in [2.24, 2.45) is 0 Å². The molecule has 0 saturated carbocycles. The van der Waals surface area contributed by atoms with E-state index in [4.69, 9.17) is 4.74 Å². The first-order chi connectivity index (χ1) is 9.86. The highest BCUT2D eigenvalue weighted by Gasteiger charge is 1.96. The quantitative estimate of drug-likeness (QED) is 0.575. The Labute approximate surface area is 124 Å². The molecule has 0 radical (unpaired) electrons. The normalized spacial score (nSPS) is 10.7. The van der Waals surface area contributed by atoms with E-state index in [0.29, 0.717) is 0 Å². The smallest absolute Gasteiger partial charge is 0.119 e. The Hall–Kier alpha value is -1.06. The van der Waals surface area contributed by atoms with E-state index in [-0.39, 0.29) is 0 Å². The molecule has 20 heavy (non-hydrogen) atoms. The van der Waals surface area contributed by atoms with Crippen molar-refractivity contribution < 1.29 is 4.74 Å². The minimum atomic E-state index is 0.818. The molecule has 2 N–H and O–H groups in total. The lowest BCUT2D eigenvalue weighted by Crippen LogP contribution is -2.22. The van der Waals surface area contributed by atoms with Crippen LogP contribution in [-0.4, -0.2) is 26.2 Å². The second kappa shape index (κ2) is 11.7. The summed E-state index contributed by atoms with van der Waals surface area (Å²) in [6, 6.07) is 8.41. The molecule has 3 nitrogen and oxygen atoms in total. The molecule has 0 fully saturated rings. The molecule has 1 aromatic rings. The number of hydrogen-bond donors (Lipinski definition) is 2. The molecule has 0 saturated heterocycles. The second-order valence-corrected chi connectivity index (χ2v) is 5.13. The van der Waals surface area contributed by atoms with Crippen molar-refractivity contribution in [3.63, 3.8) is 0 Å². The number of nitrogens with one attached hydrogen (secondary N) is 2. The lowest BCUT2D eigenvalue weighted by Gasteiger charge is -2.08. The summed E-state index contributed by atoms with van der Waals surface area (Å²) in [5.41, 5.74) is 1.31. The lowest BCUT2D eigenvalue weighted by molar-refractivity contribution is 0.309. The average Bonchev–Trinajstić information content (AvgIpc) is 2.48. The van der Waals surface area contributed by atoms with Gasteiger partial charge in [0.05, 0.1) is 6.61 Å². The van der Waals surface area contributed by atoms with Gasteiger partial charge in [0.2, 0.25) is 0 Å². The number of benzene rings is 1. The van der Waals surface area contributed by atoms with Gasteiger partial charge < -0.3 is 15.4 Å². The van der Waals surface area contributed by atoms with Crippen LogP contribution >= 0.6 is 0 Å². The summed E-state index contributed by atoms with van der Waals surface area (Å²) in [5, 5.41) is 6.88. The topological polar surface area (TPSA) is 33.3 Å². The van der Waals surface area contributed by atoms with Crippen molar-refractivity contribution in [3.05, 3.63) is 29.8 Å². The van der Waals surface area contributed by atoms with Gasteiger partial charge in [-0.3, -0.25) is 0 Å². The maximum atomic E-state index is 5.65. The van der Waals surface area contributed by atoms with Gasteiger partial charge in [-0.2, -0.15) is 0 Å². The van der Waals surface area contributed by atoms with Gasteiger partial charge in [-0.25, -0.2) is 0 Å². The van der Waals surface area contributed by atoms with Crippen LogP contribution in [0.15, 0.2) is 24.3 Å². The molecule has 3 heteroatoms. The molecule has 0 aliphatic heterocycles. The number of rotatable bonds is 12. The number of ether oxygens (including phenoxy) is 1. The highest BCUT2D eigenvalue weighted by Crippen LogP contribution is 2.12. The van der Waals surface area contributed by atoms with Crippen LogP contribution in [0.25, 0.3) is 0 Å². The Bertz CT molecular complexity index is 324. The SMILES string of the molecule is CCCCOc1ccc(CNCCCNCCC)cc1. The average molecular weight is 278 g/mol. The van der Waals surface area contributed by atoms with Crippen molar-refractivity contribution in [1.82, 2.24) is 10.6 Å². The summed E-state index contributed by atoms with van der Waals surface area (Å²) in [7, 11) is 0. The third kappa shape index (κ3) is 8.18. The largest absolute Gasteiger partial charge is 0.494 e. The van der Waals surface area contributed by atoms with Crippen LogP contribution in [-0.2, 0) is 6.54 Å². The minimum absolute atomic E-state index is 0.818. The molecule has 0 heterocycles. The Kier molecular flexibility index (Phi) is 9.98. The molecule has 0 spiro atoms. The highest BCUT2D eigenvalue weighted by atomic mass is 16.5. The summed E-state index contributed by atoms with van der Waals surface area (Å²) in [6.07, 6.45) is 4.68. The van der Waals surface area contributed by atoms with E-state index in [1.165, 1.54) is 24.8 Å². The molecule has 0 aliphatic rings. The van der Waals surface area contributed by atoms with Crippen LogP contribution in [0.5, 0.6) is 5.75 Å². The fourth-order valence-corrected chi connectivity index (χ4v) is 1.91.